The molecule has 4 heteroatoms. The van der Waals surface area contributed by atoms with Gasteiger partial charge in [-0.15, -0.1) is 0 Å². The number of carbonyl (C=O) groups is 1. The second-order valence-electron chi connectivity index (χ2n) is 4.44. The van der Waals surface area contributed by atoms with Gasteiger partial charge in [-0.3, -0.25) is 4.79 Å². The molecule has 2 rings (SSSR count). The number of hydrogen-bond donors (Lipinski definition) is 2. The van der Waals surface area contributed by atoms with Crippen LogP contribution in [0.4, 0.5) is 5.69 Å². The van der Waals surface area contributed by atoms with E-state index in [4.69, 9.17) is 10.2 Å². The molecular formula is C16H16N2O2. The van der Waals surface area contributed by atoms with Crippen LogP contribution in [0.25, 0.3) is 0 Å². The summed E-state index contributed by atoms with van der Waals surface area (Å²) in [5.74, 6) is 6.16. The maximum atomic E-state index is 12.1. The largest absolute Gasteiger partial charge is 0.469 e. The first-order chi connectivity index (χ1) is 9.60. The van der Waals surface area contributed by atoms with Crippen LogP contribution in [0.15, 0.2) is 34.9 Å². The first-order valence-electron chi connectivity index (χ1n) is 6.26. The quantitative estimate of drug-likeness (QED) is 0.822. The second kappa shape index (κ2) is 6.09. The predicted molar refractivity (Wildman–Crippen MR) is 78.5 cm³/mol. The molecule has 0 atom stereocenters. The van der Waals surface area contributed by atoms with Crippen molar-refractivity contribution in [2.45, 2.75) is 13.8 Å². The maximum Gasteiger partial charge on any atom is 0.259 e. The van der Waals surface area contributed by atoms with Gasteiger partial charge in [-0.1, -0.05) is 11.8 Å². The first kappa shape index (κ1) is 13.9. The summed E-state index contributed by atoms with van der Waals surface area (Å²) in [6.07, 6.45) is 1.50. The Kier molecular flexibility index (Phi) is 4.24. The number of nitrogens with two attached hydrogens (primary N) is 1. The Labute approximate surface area is 118 Å². The summed E-state index contributed by atoms with van der Waals surface area (Å²) in [4.78, 5) is 12.1. The molecule has 1 aromatic carbocycles. The van der Waals surface area contributed by atoms with E-state index < -0.39 is 0 Å². The highest BCUT2D eigenvalue weighted by Gasteiger charge is 2.11. The topological polar surface area (TPSA) is 68.3 Å². The second-order valence-corrected chi connectivity index (χ2v) is 4.44. The van der Waals surface area contributed by atoms with Crippen molar-refractivity contribution in [1.82, 2.24) is 0 Å². The number of benzene rings is 1. The summed E-state index contributed by atoms with van der Waals surface area (Å²) in [5, 5.41) is 2.84. The fourth-order valence-corrected chi connectivity index (χ4v) is 1.90. The summed E-state index contributed by atoms with van der Waals surface area (Å²) < 4.78 is 5.13. The van der Waals surface area contributed by atoms with Crippen LogP contribution in [-0.4, -0.2) is 12.5 Å². The normalized spacial score (nSPS) is 9.75. The summed E-state index contributed by atoms with van der Waals surface area (Å²) in [7, 11) is 0. The monoisotopic (exact) mass is 268 g/mol. The third-order valence-electron chi connectivity index (χ3n) is 2.77. The molecule has 0 bridgehead atoms. The standard InChI is InChI=1S/C16H16N2O2/c1-11-8-13(4-3-6-17)10-14(9-11)18-16(19)15-5-7-20-12(15)2/h5,7-10H,6,17H2,1-2H3,(H,18,19). The van der Waals surface area contributed by atoms with Gasteiger partial charge in [0.2, 0.25) is 0 Å². The van der Waals surface area contributed by atoms with E-state index in [1.54, 1.807) is 13.0 Å². The molecule has 0 aliphatic heterocycles. The Hall–Kier alpha value is -2.51. The number of aryl methyl sites for hydroxylation is 2. The number of anilines is 1. The molecule has 20 heavy (non-hydrogen) atoms. The molecule has 3 N–H and O–H groups in total. The fraction of sp³-hybridized carbons (Fsp3) is 0.188. The maximum absolute atomic E-state index is 12.1. The van der Waals surface area contributed by atoms with Gasteiger partial charge in [-0.05, 0) is 43.7 Å². The number of hydrogen-bond acceptors (Lipinski definition) is 3. The smallest absolute Gasteiger partial charge is 0.259 e. The zero-order valence-corrected chi connectivity index (χ0v) is 11.5. The van der Waals surface area contributed by atoms with E-state index in [9.17, 15) is 4.79 Å². The van der Waals surface area contributed by atoms with Gasteiger partial charge in [0.25, 0.3) is 5.91 Å². The highest BCUT2D eigenvalue weighted by molar-refractivity contribution is 6.05. The van der Waals surface area contributed by atoms with Gasteiger partial charge in [0, 0.05) is 11.3 Å². The number of carbonyl (C=O) groups excluding carboxylic acids is 1. The van der Waals surface area contributed by atoms with Crippen LogP contribution in [0.2, 0.25) is 0 Å². The molecule has 0 aliphatic carbocycles. The highest BCUT2D eigenvalue weighted by atomic mass is 16.3. The van der Waals surface area contributed by atoms with Crippen LogP contribution in [0.3, 0.4) is 0 Å². The summed E-state index contributed by atoms with van der Waals surface area (Å²) in [5.41, 5.74) is 8.44. The molecule has 102 valence electrons. The van der Waals surface area contributed by atoms with E-state index in [-0.39, 0.29) is 5.91 Å². The molecule has 1 heterocycles. The third-order valence-corrected chi connectivity index (χ3v) is 2.77. The minimum Gasteiger partial charge on any atom is -0.469 e. The lowest BCUT2D eigenvalue weighted by Gasteiger charge is -2.06. The Morgan fingerprint density at radius 2 is 2.15 bits per heavy atom. The van der Waals surface area contributed by atoms with Gasteiger partial charge >= 0.3 is 0 Å². The van der Waals surface area contributed by atoms with Crippen molar-refractivity contribution in [3.8, 4) is 11.8 Å². The van der Waals surface area contributed by atoms with Crippen molar-refractivity contribution < 1.29 is 9.21 Å². The lowest BCUT2D eigenvalue weighted by molar-refractivity contribution is 0.102. The zero-order chi connectivity index (χ0) is 14.5. The first-order valence-corrected chi connectivity index (χ1v) is 6.26. The van der Waals surface area contributed by atoms with Crippen LogP contribution < -0.4 is 11.1 Å². The number of rotatable bonds is 2. The van der Waals surface area contributed by atoms with Gasteiger partial charge in [0.1, 0.15) is 5.76 Å². The van der Waals surface area contributed by atoms with Crippen molar-refractivity contribution in [2.75, 3.05) is 11.9 Å². The molecule has 0 fully saturated rings. The van der Waals surface area contributed by atoms with Crippen LogP contribution >= 0.6 is 0 Å². The average Bonchev–Trinajstić information content (AvgIpc) is 2.82. The third kappa shape index (κ3) is 3.28. The van der Waals surface area contributed by atoms with Gasteiger partial charge in [0.15, 0.2) is 0 Å². The number of amides is 1. The summed E-state index contributed by atoms with van der Waals surface area (Å²) in [6.45, 7) is 4.01. The Morgan fingerprint density at radius 1 is 1.35 bits per heavy atom. The van der Waals surface area contributed by atoms with Gasteiger partial charge < -0.3 is 15.5 Å². The molecule has 2 aromatic rings. The van der Waals surface area contributed by atoms with Crippen LogP contribution in [0, 0.1) is 25.7 Å². The van der Waals surface area contributed by atoms with E-state index in [0.29, 0.717) is 23.6 Å². The summed E-state index contributed by atoms with van der Waals surface area (Å²) in [6, 6.07) is 7.31. The van der Waals surface area contributed by atoms with Crippen LogP contribution in [0.5, 0.6) is 0 Å². The SMILES string of the molecule is Cc1cc(C#CCN)cc(NC(=O)c2ccoc2C)c1. The van der Waals surface area contributed by atoms with Crippen LogP contribution in [0.1, 0.15) is 27.2 Å². The van der Waals surface area contributed by atoms with Gasteiger partial charge in [-0.2, -0.15) is 0 Å². The van der Waals surface area contributed by atoms with E-state index in [0.717, 1.165) is 11.1 Å². The molecule has 1 aromatic heterocycles. The van der Waals surface area contributed by atoms with E-state index >= 15 is 0 Å². The molecule has 1 amide bonds. The zero-order valence-electron chi connectivity index (χ0n) is 11.5. The van der Waals surface area contributed by atoms with Crippen molar-refractivity contribution >= 4 is 11.6 Å². The highest BCUT2D eigenvalue weighted by Crippen LogP contribution is 2.16. The Morgan fingerprint density at radius 3 is 2.80 bits per heavy atom. The van der Waals surface area contributed by atoms with Crippen molar-refractivity contribution in [3.05, 3.63) is 53.0 Å². The molecular weight excluding hydrogens is 252 g/mol. The molecule has 4 nitrogen and oxygen atoms in total. The summed E-state index contributed by atoms with van der Waals surface area (Å²) >= 11 is 0. The van der Waals surface area contributed by atoms with Gasteiger partial charge in [0.05, 0.1) is 18.4 Å². The number of furan rings is 1. The molecule has 0 spiro atoms. The van der Waals surface area contributed by atoms with Crippen molar-refractivity contribution in [3.63, 3.8) is 0 Å². The molecule has 0 radical (unpaired) electrons. The molecule has 0 saturated carbocycles. The van der Waals surface area contributed by atoms with E-state index in [1.807, 2.05) is 25.1 Å². The van der Waals surface area contributed by atoms with E-state index in [2.05, 4.69) is 17.2 Å². The van der Waals surface area contributed by atoms with Crippen LogP contribution in [-0.2, 0) is 0 Å². The minimum atomic E-state index is -0.195. The van der Waals surface area contributed by atoms with E-state index in [1.165, 1.54) is 6.26 Å². The minimum absolute atomic E-state index is 0.195. The lowest BCUT2D eigenvalue weighted by atomic mass is 10.1. The van der Waals surface area contributed by atoms with Gasteiger partial charge in [-0.25, -0.2) is 0 Å². The Balaban J connectivity index is 2.23. The average molecular weight is 268 g/mol. The van der Waals surface area contributed by atoms with Crippen molar-refractivity contribution in [2.24, 2.45) is 5.73 Å². The Bertz CT molecular complexity index is 690. The van der Waals surface area contributed by atoms with Crippen molar-refractivity contribution in [1.29, 1.82) is 0 Å². The molecule has 0 saturated heterocycles. The lowest BCUT2D eigenvalue weighted by Crippen LogP contribution is -2.12. The predicted octanol–water partition coefficient (Wildman–Crippen LogP) is 2.46. The fourth-order valence-electron chi connectivity index (χ4n) is 1.90. The number of nitrogens with one attached hydrogen (secondary N) is 1. The molecule has 0 unspecified atom stereocenters. The molecule has 0 aliphatic rings.